The molecule has 18 heavy (non-hydrogen) atoms. The number of aromatic nitrogens is 2. The highest BCUT2D eigenvalue weighted by Gasteiger charge is 2.22. The molecule has 0 radical (unpaired) electrons. The minimum absolute atomic E-state index is 0.583. The quantitative estimate of drug-likeness (QED) is 0.872. The minimum Gasteiger partial charge on any atom is -0.356 e. The predicted molar refractivity (Wildman–Crippen MR) is 76.1 cm³/mol. The van der Waals surface area contributed by atoms with E-state index >= 15 is 0 Å². The maximum Gasteiger partial charge on any atom is 0.203 e. The van der Waals surface area contributed by atoms with Crippen molar-refractivity contribution in [2.75, 3.05) is 31.5 Å². The van der Waals surface area contributed by atoms with Gasteiger partial charge in [0.05, 0.1) is 5.69 Å². The average molecular weight is 250 g/mol. The van der Waals surface area contributed by atoms with E-state index < -0.39 is 0 Å². The molecule has 1 aliphatic rings. The number of aryl methyl sites for hydroxylation is 1. The van der Waals surface area contributed by atoms with Crippen LogP contribution in [0.4, 0.5) is 5.95 Å². The highest BCUT2D eigenvalue weighted by atomic mass is 15.3. The van der Waals surface area contributed by atoms with E-state index in [1.165, 1.54) is 19.4 Å². The van der Waals surface area contributed by atoms with Crippen LogP contribution in [0.25, 0.3) is 0 Å². The third kappa shape index (κ3) is 3.05. The van der Waals surface area contributed by atoms with Crippen molar-refractivity contribution in [3.8, 4) is 0 Å². The van der Waals surface area contributed by atoms with Crippen molar-refractivity contribution in [2.45, 2.75) is 46.1 Å². The van der Waals surface area contributed by atoms with E-state index in [0.717, 1.165) is 37.7 Å². The molecular weight excluding hydrogens is 224 g/mol. The van der Waals surface area contributed by atoms with Crippen LogP contribution in [0.15, 0.2) is 6.20 Å². The van der Waals surface area contributed by atoms with Gasteiger partial charge in [-0.2, -0.15) is 0 Å². The number of likely N-dealkylation sites (N-methyl/N-ethyl adjacent to an activating group) is 1. The van der Waals surface area contributed by atoms with Crippen molar-refractivity contribution in [1.29, 1.82) is 0 Å². The topological polar surface area (TPSA) is 33.1 Å². The maximum atomic E-state index is 4.61. The number of nitrogens with one attached hydrogen (secondary N) is 1. The average Bonchev–Trinajstić information content (AvgIpc) is 2.77. The second-order valence-corrected chi connectivity index (χ2v) is 5.23. The number of nitrogens with zero attached hydrogens (tertiary/aromatic N) is 3. The summed E-state index contributed by atoms with van der Waals surface area (Å²) < 4.78 is 2.35. The lowest BCUT2D eigenvalue weighted by molar-refractivity contribution is 0.186. The number of imidazole rings is 1. The van der Waals surface area contributed by atoms with Crippen LogP contribution in [-0.4, -0.2) is 40.6 Å². The fourth-order valence-corrected chi connectivity index (χ4v) is 2.71. The van der Waals surface area contributed by atoms with Crippen LogP contribution in [0.2, 0.25) is 0 Å². The first kappa shape index (κ1) is 13.4. The molecule has 0 aromatic carbocycles. The summed E-state index contributed by atoms with van der Waals surface area (Å²) in [6.45, 7) is 11.1. The van der Waals surface area contributed by atoms with Crippen LogP contribution in [-0.2, 0) is 0 Å². The fourth-order valence-electron chi connectivity index (χ4n) is 2.71. The molecule has 1 fully saturated rings. The lowest BCUT2D eigenvalue weighted by atomic mass is 10.1. The monoisotopic (exact) mass is 250 g/mol. The zero-order valence-corrected chi connectivity index (χ0v) is 11.9. The number of anilines is 1. The molecule has 1 aliphatic heterocycles. The third-order valence-corrected chi connectivity index (χ3v) is 3.71. The Balaban J connectivity index is 2.10. The summed E-state index contributed by atoms with van der Waals surface area (Å²) in [5, 5.41) is 3.45. The second-order valence-electron chi connectivity index (χ2n) is 5.23. The van der Waals surface area contributed by atoms with Gasteiger partial charge >= 0.3 is 0 Å². The molecule has 1 unspecified atom stereocenters. The van der Waals surface area contributed by atoms with Crippen molar-refractivity contribution < 1.29 is 0 Å². The smallest absolute Gasteiger partial charge is 0.203 e. The molecule has 0 spiro atoms. The van der Waals surface area contributed by atoms with Crippen molar-refractivity contribution in [3.05, 3.63) is 11.9 Å². The van der Waals surface area contributed by atoms with Gasteiger partial charge in [0.25, 0.3) is 0 Å². The van der Waals surface area contributed by atoms with E-state index in [1.54, 1.807) is 0 Å². The molecule has 1 atom stereocenters. The first-order valence-electron chi connectivity index (χ1n) is 7.26. The molecule has 1 aromatic heterocycles. The van der Waals surface area contributed by atoms with Gasteiger partial charge in [0.2, 0.25) is 5.95 Å². The molecule has 1 N–H and O–H groups in total. The van der Waals surface area contributed by atoms with Gasteiger partial charge in [0, 0.05) is 25.3 Å². The zero-order valence-electron chi connectivity index (χ0n) is 11.9. The molecule has 2 heterocycles. The third-order valence-electron chi connectivity index (χ3n) is 3.71. The summed E-state index contributed by atoms with van der Waals surface area (Å²) in [6.07, 6.45) is 5.90. The van der Waals surface area contributed by atoms with Gasteiger partial charge in [-0.25, -0.2) is 4.98 Å². The van der Waals surface area contributed by atoms with Crippen molar-refractivity contribution in [1.82, 2.24) is 14.5 Å². The van der Waals surface area contributed by atoms with Crippen molar-refractivity contribution >= 4 is 5.95 Å². The van der Waals surface area contributed by atoms with Gasteiger partial charge in [-0.3, -0.25) is 0 Å². The molecule has 102 valence electrons. The number of piperidine rings is 1. The Bertz CT molecular complexity index is 372. The Kier molecular flexibility index (Phi) is 4.64. The van der Waals surface area contributed by atoms with Crippen molar-refractivity contribution in [2.24, 2.45) is 0 Å². The maximum absolute atomic E-state index is 4.61. The van der Waals surface area contributed by atoms with E-state index in [0.29, 0.717) is 6.04 Å². The summed E-state index contributed by atoms with van der Waals surface area (Å²) >= 11 is 0. The largest absolute Gasteiger partial charge is 0.356 e. The Morgan fingerprint density at radius 3 is 3.00 bits per heavy atom. The molecule has 1 aromatic rings. The van der Waals surface area contributed by atoms with Crippen LogP contribution in [0.5, 0.6) is 0 Å². The van der Waals surface area contributed by atoms with Crippen LogP contribution >= 0.6 is 0 Å². The van der Waals surface area contributed by atoms with E-state index in [4.69, 9.17) is 0 Å². The molecule has 0 bridgehead atoms. The van der Waals surface area contributed by atoms with E-state index in [-0.39, 0.29) is 0 Å². The molecule has 2 rings (SSSR count). The summed E-state index contributed by atoms with van der Waals surface area (Å²) in [4.78, 5) is 7.14. The van der Waals surface area contributed by atoms with Crippen LogP contribution in [0.3, 0.4) is 0 Å². The summed E-state index contributed by atoms with van der Waals surface area (Å²) in [6, 6.07) is 0.583. The molecular formula is C14H26N4. The van der Waals surface area contributed by atoms with Gasteiger partial charge in [-0.1, -0.05) is 13.8 Å². The zero-order chi connectivity index (χ0) is 13.0. The number of hydrogen-bond donors (Lipinski definition) is 1. The van der Waals surface area contributed by atoms with Crippen LogP contribution < -0.4 is 5.32 Å². The molecule has 0 aliphatic carbocycles. The first-order valence-corrected chi connectivity index (χ1v) is 7.26. The lowest BCUT2D eigenvalue weighted by Gasteiger charge is -2.33. The normalized spacial score (nSPS) is 21.2. The summed E-state index contributed by atoms with van der Waals surface area (Å²) in [5.74, 6) is 1.05. The Morgan fingerprint density at radius 2 is 2.28 bits per heavy atom. The molecule has 4 heteroatoms. The minimum atomic E-state index is 0.583. The predicted octanol–water partition coefficient (Wildman–Crippen LogP) is 2.67. The van der Waals surface area contributed by atoms with Gasteiger partial charge in [-0.05, 0) is 39.3 Å². The van der Waals surface area contributed by atoms with Crippen LogP contribution in [0.1, 0.15) is 44.8 Å². The van der Waals surface area contributed by atoms with Gasteiger partial charge in [0.1, 0.15) is 0 Å². The first-order chi connectivity index (χ1) is 8.74. The SMILES string of the molecule is CCCNc1nc(C)cn1C1CCCN(CC)C1. The molecule has 0 amide bonds. The fraction of sp³-hybridized carbons (Fsp3) is 0.786. The molecule has 1 saturated heterocycles. The van der Waals surface area contributed by atoms with E-state index in [2.05, 4.69) is 46.7 Å². The number of rotatable bonds is 5. The van der Waals surface area contributed by atoms with E-state index in [1.807, 2.05) is 0 Å². The van der Waals surface area contributed by atoms with Gasteiger partial charge in [-0.15, -0.1) is 0 Å². The number of likely N-dealkylation sites (tertiary alicyclic amines) is 1. The Labute approximate surface area is 110 Å². The van der Waals surface area contributed by atoms with Crippen molar-refractivity contribution in [3.63, 3.8) is 0 Å². The molecule has 0 saturated carbocycles. The van der Waals surface area contributed by atoms with E-state index in [9.17, 15) is 0 Å². The summed E-state index contributed by atoms with van der Waals surface area (Å²) in [7, 11) is 0. The lowest BCUT2D eigenvalue weighted by Crippen LogP contribution is -2.36. The van der Waals surface area contributed by atoms with Gasteiger partial charge < -0.3 is 14.8 Å². The Hall–Kier alpha value is -1.03. The van der Waals surface area contributed by atoms with Gasteiger partial charge in [0.15, 0.2) is 0 Å². The summed E-state index contributed by atoms with van der Waals surface area (Å²) in [5.41, 5.74) is 1.11. The highest BCUT2D eigenvalue weighted by Crippen LogP contribution is 2.25. The Morgan fingerprint density at radius 1 is 1.44 bits per heavy atom. The van der Waals surface area contributed by atoms with Crippen LogP contribution in [0, 0.1) is 6.92 Å². The second kappa shape index (κ2) is 6.23. The standard InChI is InChI=1S/C14H26N4/c1-4-8-15-14-16-12(3)10-18(14)13-7-6-9-17(5-2)11-13/h10,13H,4-9,11H2,1-3H3,(H,15,16). The highest BCUT2D eigenvalue weighted by molar-refractivity contribution is 5.29. The molecule has 4 nitrogen and oxygen atoms in total. The number of hydrogen-bond acceptors (Lipinski definition) is 3.